The Bertz CT molecular complexity index is 569. The molecule has 2 aromatic rings. The minimum Gasteiger partial charge on any atom is -0.351 e. The van der Waals surface area contributed by atoms with Crippen LogP contribution in [0.2, 0.25) is 0 Å². The molecule has 1 aromatic carbocycles. The van der Waals surface area contributed by atoms with Crippen molar-refractivity contribution in [3.63, 3.8) is 0 Å². The van der Waals surface area contributed by atoms with Crippen LogP contribution in [0.5, 0.6) is 0 Å². The van der Waals surface area contributed by atoms with Gasteiger partial charge in [-0.2, -0.15) is 0 Å². The van der Waals surface area contributed by atoms with Gasteiger partial charge in [0, 0.05) is 24.0 Å². The molecule has 1 aromatic heterocycles. The first-order valence-corrected chi connectivity index (χ1v) is 6.90. The second-order valence-corrected chi connectivity index (χ2v) is 5.34. The maximum absolute atomic E-state index is 13.8. The Balaban J connectivity index is 2.00. The second kappa shape index (κ2) is 5.93. The van der Waals surface area contributed by atoms with E-state index in [0.717, 1.165) is 5.01 Å². The van der Waals surface area contributed by atoms with Gasteiger partial charge >= 0.3 is 0 Å². The van der Waals surface area contributed by atoms with E-state index in [1.54, 1.807) is 36.6 Å². The molecule has 1 atom stereocenters. The molecule has 1 N–H and O–H groups in total. The zero-order valence-corrected chi connectivity index (χ0v) is 11.6. The van der Waals surface area contributed by atoms with Gasteiger partial charge in [0.05, 0.1) is 10.6 Å². The lowest BCUT2D eigenvalue weighted by Crippen LogP contribution is -2.28. The van der Waals surface area contributed by atoms with E-state index in [2.05, 4.69) is 10.3 Å². The third kappa shape index (κ3) is 3.17. The first-order valence-electron chi connectivity index (χ1n) is 6.02. The summed E-state index contributed by atoms with van der Waals surface area (Å²) in [5, 5.41) is 5.60. The lowest BCUT2D eigenvalue weighted by Gasteiger charge is -2.11. The van der Waals surface area contributed by atoms with Gasteiger partial charge in [0.2, 0.25) is 0 Å². The number of nitrogens with one attached hydrogen (secondary N) is 1. The van der Waals surface area contributed by atoms with E-state index >= 15 is 0 Å². The zero-order chi connectivity index (χ0) is 13.8. The van der Waals surface area contributed by atoms with Crippen LogP contribution in [-0.4, -0.2) is 17.4 Å². The molecule has 5 heteroatoms. The third-order valence-corrected chi connectivity index (χ3v) is 3.89. The highest BCUT2D eigenvalue weighted by atomic mass is 32.1. The van der Waals surface area contributed by atoms with Crippen molar-refractivity contribution in [3.05, 3.63) is 51.7 Å². The summed E-state index contributed by atoms with van der Waals surface area (Å²) in [5.74, 6) is -0.719. The molecule has 2 rings (SSSR count). The van der Waals surface area contributed by atoms with Crippen molar-refractivity contribution < 1.29 is 9.18 Å². The van der Waals surface area contributed by atoms with Gasteiger partial charge < -0.3 is 5.32 Å². The number of aromatic nitrogens is 1. The summed E-state index contributed by atoms with van der Waals surface area (Å²) in [6.07, 6.45) is 1.73. The van der Waals surface area contributed by atoms with Crippen molar-refractivity contribution in [3.8, 4) is 0 Å². The second-order valence-electron chi connectivity index (χ2n) is 4.42. The minimum atomic E-state index is -0.457. The number of benzene rings is 1. The number of hydrogen-bond donors (Lipinski definition) is 1. The van der Waals surface area contributed by atoms with E-state index in [0.29, 0.717) is 12.1 Å². The Kier molecular flexibility index (Phi) is 4.27. The normalized spacial score (nSPS) is 12.2. The largest absolute Gasteiger partial charge is 0.351 e. The Morgan fingerprint density at radius 1 is 1.53 bits per heavy atom. The van der Waals surface area contributed by atoms with Crippen LogP contribution in [0.4, 0.5) is 4.39 Å². The molecule has 0 spiro atoms. The number of carbonyl (C=O) groups excluding carboxylic acids is 1. The lowest BCUT2D eigenvalue weighted by atomic mass is 10.1. The molecule has 0 bridgehead atoms. The highest BCUT2D eigenvalue weighted by molar-refractivity contribution is 7.09. The Morgan fingerprint density at radius 3 is 3.00 bits per heavy atom. The Labute approximate surface area is 115 Å². The van der Waals surface area contributed by atoms with E-state index in [1.165, 1.54) is 6.07 Å². The average Bonchev–Trinajstić information content (AvgIpc) is 2.93. The van der Waals surface area contributed by atoms with Crippen LogP contribution in [0.3, 0.4) is 0 Å². The molecule has 1 amide bonds. The topological polar surface area (TPSA) is 42.0 Å². The van der Waals surface area contributed by atoms with Gasteiger partial charge in [-0.1, -0.05) is 19.1 Å². The smallest absolute Gasteiger partial charge is 0.254 e. The van der Waals surface area contributed by atoms with E-state index < -0.39 is 5.82 Å². The fraction of sp³-hybridized carbons (Fsp3) is 0.286. The van der Waals surface area contributed by atoms with Crippen molar-refractivity contribution in [2.24, 2.45) is 0 Å². The number of hydrogen-bond acceptors (Lipinski definition) is 3. The molecule has 0 aliphatic heterocycles. The molecule has 19 heavy (non-hydrogen) atoms. The number of thiazole rings is 1. The van der Waals surface area contributed by atoms with E-state index in [4.69, 9.17) is 0 Å². The minimum absolute atomic E-state index is 0.0892. The molecule has 0 aliphatic carbocycles. The van der Waals surface area contributed by atoms with Crippen LogP contribution in [0.25, 0.3) is 0 Å². The summed E-state index contributed by atoms with van der Waals surface area (Å²) in [6.45, 7) is 4.07. The van der Waals surface area contributed by atoms with Crippen molar-refractivity contribution in [1.29, 1.82) is 0 Å². The van der Waals surface area contributed by atoms with Crippen molar-refractivity contribution in [1.82, 2.24) is 10.3 Å². The molecule has 1 unspecified atom stereocenters. The van der Waals surface area contributed by atoms with E-state index in [1.807, 2.05) is 12.3 Å². The van der Waals surface area contributed by atoms with Gasteiger partial charge in [-0.05, 0) is 18.6 Å². The number of aryl methyl sites for hydroxylation is 1. The molecule has 0 radical (unpaired) electrons. The predicted octanol–water partition coefficient (Wildman–Crippen LogP) is 3.12. The fourth-order valence-corrected chi connectivity index (χ4v) is 2.43. The van der Waals surface area contributed by atoms with Gasteiger partial charge in [-0.25, -0.2) is 9.37 Å². The number of rotatable bonds is 4. The lowest BCUT2D eigenvalue weighted by molar-refractivity contribution is 0.0947. The van der Waals surface area contributed by atoms with Crippen LogP contribution in [0.1, 0.15) is 33.8 Å². The Morgan fingerprint density at radius 2 is 2.32 bits per heavy atom. The molecule has 100 valence electrons. The third-order valence-electron chi connectivity index (χ3n) is 2.88. The SMILES string of the molecule is Cc1cccc(C(=O)NCC(C)c2nccs2)c1F. The summed E-state index contributed by atoms with van der Waals surface area (Å²) >= 11 is 1.55. The molecule has 1 heterocycles. The fourth-order valence-electron chi connectivity index (χ4n) is 1.73. The monoisotopic (exact) mass is 278 g/mol. The first-order chi connectivity index (χ1) is 9.09. The Hall–Kier alpha value is -1.75. The molecule has 0 saturated heterocycles. The quantitative estimate of drug-likeness (QED) is 0.933. The van der Waals surface area contributed by atoms with Crippen molar-refractivity contribution >= 4 is 17.2 Å². The molecular weight excluding hydrogens is 263 g/mol. The summed E-state index contributed by atoms with van der Waals surface area (Å²) in [5.41, 5.74) is 0.562. The van der Waals surface area contributed by atoms with Gasteiger partial charge in [0.15, 0.2) is 0 Å². The van der Waals surface area contributed by atoms with Gasteiger partial charge in [0.25, 0.3) is 5.91 Å². The predicted molar refractivity (Wildman–Crippen MR) is 74.0 cm³/mol. The molecule has 0 fully saturated rings. The van der Waals surface area contributed by atoms with Crippen LogP contribution in [0, 0.1) is 12.7 Å². The summed E-state index contributed by atoms with van der Waals surface area (Å²) in [6, 6.07) is 4.81. The number of nitrogens with zero attached hydrogens (tertiary/aromatic N) is 1. The number of halogens is 1. The van der Waals surface area contributed by atoms with Crippen LogP contribution < -0.4 is 5.32 Å². The standard InChI is InChI=1S/C14H15FN2OS/c1-9-4-3-5-11(12(9)15)13(18)17-8-10(2)14-16-6-7-19-14/h3-7,10H,8H2,1-2H3,(H,17,18). The number of amides is 1. The molecule has 3 nitrogen and oxygen atoms in total. The maximum Gasteiger partial charge on any atom is 0.254 e. The van der Waals surface area contributed by atoms with Crippen molar-refractivity contribution in [2.45, 2.75) is 19.8 Å². The number of carbonyl (C=O) groups is 1. The average molecular weight is 278 g/mol. The van der Waals surface area contributed by atoms with Gasteiger partial charge in [-0.15, -0.1) is 11.3 Å². The van der Waals surface area contributed by atoms with E-state index in [-0.39, 0.29) is 17.4 Å². The summed E-state index contributed by atoms with van der Waals surface area (Å²) in [4.78, 5) is 16.1. The first kappa shape index (κ1) is 13.7. The van der Waals surface area contributed by atoms with Gasteiger partial charge in [0.1, 0.15) is 5.82 Å². The molecule has 0 aliphatic rings. The van der Waals surface area contributed by atoms with Gasteiger partial charge in [-0.3, -0.25) is 4.79 Å². The summed E-state index contributed by atoms with van der Waals surface area (Å²) in [7, 11) is 0. The van der Waals surface area contributed by atoms with Crippen LogP contribution in [0.15, 0.2) is 29.8 Å². The summed E-state index contributed by atoms with van der Waals surface area (Å²) < 4.78 is 13.8. The zero-order valence-electron chi connectivity index (χ0n) is 10.8. The van der Waals surface area contributed by atoms with E-state index in [9.17, 15) is 9.18 Å². The molecular formula is C14H15FN2OS. The highest BCUT2D eigenvalue weighted by Gasteiger charge is 2.15. The highest BCUT2D eigenvalue weighted by Crippen LogP contribution is 2.17. The maximum atomic E-state index is 13.8. The van der Waals surface area contributed by atoms with Crippen LogP contribution in [-0.2, 0) is 0 Å². The van der Waals surface area contributed by atoms with Crippen molar-refractivity contribution in [2.75, 3.05) is 6.54 Å². The van der Waals surface area contributed by atoms with Crippen LogP contribution >= 0.6 is 11.3 Å². The molecule has 0 saturated carbocycles.